The topological polar surface area (TPSA) is 40.5 Å². The van der Waals surface area contributed by atoms with Crippen LogP contribution in [-0.4, -0.2) is 34.9 Å². The van der Waals surface area contributed by atoms with Gasteiger partial charge in [-0.1, -0.05) is 13.3 Å². The maximum Gasteiger partial charge on any atom is 0.179 e. The average molecular weight is 284 g/mol. The number of rotatable bonds is 5. The average Bonchev–Trinajstić information content (AvgIpc) is 2.90. The van der Waals surface area contributed by atoms with E-state index in [1.54, 1.807) is 24.3 Å². The molecule has 4 heteroatoms. The van der Waals surface area contributed by atoms with Crippen LogP contribution >= 0.6 is 12.4 Å². The molecule has 1 unspecified atom stereocenters. The lowest BCUT2D eigenvalue weighted by molar-refractivity contribution is 0.0837. The SMILES string of the molecule is CCCC(C(=O)c1ccc(O)cc1)N1CCCC1.Cl. The minimum absolute atomic E-state index is 0. The molecule has 0 aliphatic carbocycles. The Morgan fingerprint density at radius 2 is 1.84 bits per heavy atom. The van der Waals surface area contributed by atoms with Gasteiger partial charge in [0.25, 0.3) is 0 Å². The molecule has 2 rings (SSSR count). The number of ketones is 1. The van der Waals surface area contributed by atoms with Crippen LogP contribution in [0.3, 0.4) is 0 Å². The standard InChI is InChI=1S/C15H21NO2.ClH/c1-2-5-14(16-10-3-4-11-16)15(18)12-6-8-13(17)9-7-12;/h6-9,14,17H,2-5,10-11H2,1H3;1H. The van der Waals surface area contributed by atoms with Crippen molar-refractivity contribution >= 4 is 18.2 Å². The predicted molar refractivity (Wildman–Crippen MR) is 79.2 cm³/mol. The molecule has 1 atom stereocenters. The number of aromatic hydroxyl groups is 1. The number of nitrogens with zero attached hydrogens (tertiary/aromatic N) is 1. The molecule has 1 aromatic carbocycles. The Morgan fingerprint density at radius 3 is 2.37 bits per heavy atom. The van der Waals surface area contributed by atoms with Crippen molar-refractivity contribution in [2.75, 3.05) is 13.1 Å². The third-order valence-corrected chi connectivity index (χ3v) is 3.60. The van der Waals surface area contributed by atoms with E-state index in [9.17, 15) is 9.90 Å². The highest BCUT2D eigenvalue weighted by Crippen LogP contribution is 2.20. The van der Waals surface area contributed by atoms with Gasteiger partial charge in [0.05, 0.1) is 6.04 Å². The summed E-state index contributed by atoms with van der Waals surface area (Å²) >= 11 is 0. The van der Waals surface area contributed by atoms with Crippen molar-refractivity contribution in [3.63, 3.8) is 0 Å². The lowest BCUT2D eigenvalue weighted by atomic mass is 9.99. The maximum absolute atomic E-state index is 12.5. The smallest absolute Gasteiger partial charge is 0.179 e. The highest BCUT2D eigenvalue weighted by molar-refractivity contribution is 6.00. The zero-order valence-corrected chi connectivity index (χ0v) is 12.2. The Balaban J connectivity index is 0.00000180. The number of carbonyl (C=O) groups excluding carboxylic acids is 1. The first-order valence-electron chi connectivity index (χ1n) is 6.79. The summed E-state index contributed by atoms with van der Waals surface area (Å²) in [6.45, 7) is 4.19. The summed E-state index contributed by atoms with van der Waals surface area (Å²) in [6.07, 6.45) is 4.33. The van der Waals surface area contributed by atoms with E-state index < -0.39 is 0 Å². The summed E-state index contributed by atoms with van der Waals surface area (Å²) < 4.78 is 0. The Bertz CT molecular complexity index is 399. The quantitative estimate of drug-likeness (QED) is 0.843. The van der Waals surface area contributed by atoms with Gasteiger partial charge in [-0.2, -0.15) is 0 Å². The monoisotopic (exact) mass is 283 g/mol. The Morgan fingerprint density at radius 1 is 1.26 bits per heavy atom. The zero-order chi connectivity index (χ0) is 13.0. The van der Waals surface area contributed by atoms with Crippen LogP contribution in [0.4, 0.5) is 0 Å². The molecule has 0 aromatic heterocycles. The molecule has 0 spiro atoms. The van der Waals surface area contributed by atoms with E-state index in [1.807, 2.05) is 0 Å². The molecule has 1 aromatic rings. The number of halogens is 1. The highest BCUT2D eigenvalue weighted by Gasteiger charge is 2.27. The van der Waals surface area contributed by atoms with Crippen LogP contribution in [-0.2, 0) is 0 Å². The van der Waals surface area contributed by atoms with Gasteiger partial charge in [-0.15, -0.1) is 12.4 Å². The van der Waals surface area contributed by atoms with Gasteiger partial charge in [0, 0.05) is 5.56 Å². The van der Waals surface area contributed by atoms with Crippen molar-refractivity contribution in [2.24, 2.45) is 0 Å². The fourth-order valence-electron chi connectivity index (χ4n) is 2.62. The fraction of sp³-hybridized carbons (Fsp3) is 0.533. The van der Waals surface area contributed by atoms with Gasteiger partial charge in [-0.25, -0.2) is 0 Å². The van der Waals surface area contributed by atoms with E-state index in [4.69, 9.17) is 0 Å². The molecule has 106 valence electrons. The number of hydrogen-bond donors (Lipinski definition) is 1. The van der Waals surface area contributed by atoms with Crippen LogP contribution in [0.2, 0.25) is 0 Å². The second-order valence-corrected chi connectivity index (χ2v) is 4.96. The Kier molecular flexibility index (Phi) is 6.32. The molecular weight excluding hydrogens is 262 g/mol. The molecule has 1 aliphatic rings. The zero-order valence-electron chi connectivity index (χ0n) is 11.3. The van der Waals surface area contributed by atoms with Crippen LogP contribution in [0.1, 0.15) is 43.0 Å². The summed E-state index contributed by atoms with van der Waals surface area (Å²) in [7, 11) is 0. The first kappa shape index (κ1) is 16.0. The molecule has 3 nitrogen and oxygen atoms in total. The van der Waals surface area contributed by atoms with Gasteiger partial charge in [0.1, 0.15) is 5.75 Å². The second kappa shape index (κ2) is 7.51. The number of carbonyl (C=O) groups is 1. The van der Waals surface area contributed by atoms with E-state index in [0.717, 1.165) is 25.9 Å². The van der Waals surface area contributed by atoms with Crippen LogP contribution in [0, 0.1) is 0 Å². The number of likely N-dealkylation sites (tertiary alicyclic amines) is 1. The van der Waals surface area contributed by atoms with E-state index in [-0.39, 0.29) is 30.0 Å². The predicted octanol–water partition coefficient (Wildman–Crippen LogP) is 3.26. The molecule has 1 N–H and O–H groups in total. The van der Waals surface area contributed by atoms with E-state index in [0.29, 0.717) is 5.56 Å². The third kappa shape index (κ3) is 3.95. The van der Waals surface area contributed by atoms with Gasteiger partial charge in [-0.3, -0.25) is 9.69 Å². The summed E-state index contributed by atoms with van der Waals surface area (Å²) in [5.41, 5.74) is 0.707. The minimum Gasteiger partial charge on any atom is -0.508 e. The lowest BCUT2D eigenvalue weighted by Gasteiger charge is -2.26. The molecule has 0 bridgehead atoms. The normalized spacial score (nSPS) is 16.9. The number of benzene rings is 1. The van der Waals surface area contributed by atoms with E-state index in [1.165, 1.54) is 12.8 Å². The number of hydrogen-bond acceptors (Lipinski definition) is 3. The molecule has 0 saturated carbocycles. The lowest BCUT2D eigenvalue weighted by Crippen LogP contribution is -2.39. The van der Waals surface area contributed by atoms with Crippen molar-refractivity contribution in [2.45, 2.75) is 38.6 Å². The van der Waals surface area contributed by atoms with Gasteiger partial charge in [0.2, 0.25) is 0 Å². The summed E-state index contributed by atoms with van der Waals surface area (Å²) in [4.78, 5) is 14.8. The van der Waals surface area contributed by atoms with E-state index >= 15 is 0 Å². The molecule has 19 heavy (non-hydrogen) atoms. The molecule has 1 heterocycles. The van der Waals surface area contributed by atoms with Gasteiger partial charge in [0.15, 0.2) is 5.78 Å². The molecule has 1 fully saturated rings. The molecule has 0 amide bonds. The number of phenolic OH excluding ortho intramolecular Hbond substituents is 1. The van der Waals surface area contributed by atoms with Gasteiger partial charge in [-0.05, 0) is 56.6 Å². The third-order valence-electron chi connectivity index (χ3n) is 3.60. The van der Waals surface area contributed by atoms with Gasteiger partial charge >= 0.3 is 0 Å². The molecular formula is C15H22ClNO2. The number of phenols is 1. The van der Waals surface area contributed by atoms with Crippen molar-refractivity contribution in [1.82, 2.24) is 4.90 Å². The number of Topliss-reactive ketones (excluding diaryl/α,β-unsaturated/α-hetero) is 1. The Hall–Kier alpha value is -1.06. The first-order chi connectivity index (χ1) is 8.72. The van der Waals surface area contributed by atoms with Crippen molar-refractivity contribution in [3.05, 3.63) is 29.8 Å². The molecule has 0 radical (unpaired) electrons. The van der Waals surface area contributed by atoms with Crippen LogP contribution in [0.5, 0.6) is 5.75 Å². The minimum atomic E-state index is 0. The van der Waals surface area contributed by atoms with Gasteiger partial charge < -0.3 is 5.11 Å². The largest absolute Gasteiger partial charge is 0.508 e. The summed E-state index contributed by atoms with van der Waals surface area (Å²) in [6, 6.07) is 6.62. The second-order valence-electron chi connectivity index (χ2n) is 4.96. The van der Waals surface area contributed by atoms with Crippen molar-refractivity contribution < 1.29 is 9.90 Å². The first-order valence-corrected chi connectivity index (χ1v) is 6.79. The Labute approximate surface area is 121 Å². The highest BCUT2D eigenvalue weighted by atomic mass is 35.5. The summed E-state index contributed by atoms with van der Waals surface area (Å²) in [5, 5.41) is 9.27. The van der Waals surface area contributed by atoms with E-state index in [2.05, 4.69) is 11.8 Å². The summed E-state index contributed by atoms with van der Waals surface area (Å²) in [5.74, 6) is 0.401. The van der Waals surface area contributed by atoms with Crippen molar-refractivity contribution in [3.8, 4) is 5.75 Å². The molecule has 1 saturated heterocycles. The molecule has 1 aliphatic heterocycles. The van der Waals surface area contributed by atoms with Crippen LogP contribution < -0.4 is 0 Å². The van der Waals surface area contributed by atoms with Crippen LogP contribution in [0.15, 0.2) is 24.3 Å². The maximum atomic E-state index is 12.5. The van der Waals surface area contributed by atoms with Crippen molar-refractivity contribution in [1.29, 1.82) is 0 Å². The fourth-order valence-corrected chi connectivity index (χ4v) is 2.62. The van der Waals surface area contributed by atoms with Crippen LogP contribution in [0.25, 0.3) is 0 Å².